The minimum absolute atomic E-state index is 0.231. The molecular weight excluding hydrogens is 334 g/mol. The van der Waals surface area contributed by atoms with Gasteiger partial charge < -0.3 is 19.3 Å². The molecule has 7 heteroatoms. The fourth-order valence-electron chi connectivity index (χ4n) is 2.38. The third-order valence-electron chi connectivity index (χ3n) is 3.74. The van der Waals surface area contributed by atoms with Crippen LogP contribution >= 0.6 is 0 Å². The van der Waals surface area contributed by atoms with E-state index in [4.69, 9.17) is 14.0 Å². The zero-order chi connectivity index (χ0) is 18.4. The van der Waals surface area contributed by atoms with Crippen LogP contribution in [0.2, 0.25) is 0 Å². The van der Waals surface area contributed by atoms with E-state index in [0.717, 1.165) is 5.56 Å². The Bertz CT molecular complexity index is 855. The molecule has 3 rings (SSSR count). The summed E-state index contributed by atoms with van der Waals surface area (Å²) in [6.45, 7) is 0.370. The van der Waals surface area contributed by atoms with Crippen LogP contribution in [0.3, 0.4) is 0 Å². The smallest absolute Gasteiger partial charge is 0.251 e. The lowest BCUT2D eigenvalue weighted by molar-refractivity contribution is 0.0952. The van der Waals surface area contributed by atoms with Gasteiger partial charge in [0, 0.05) is 30.2 Å². The first-order valence-corrected chi connectivity index (χ1v) is 8.09. The number of nitrogens with one attached hydrogen (secondary N) is 1. The molecule has 1 N–H and O–H groups in total. The Morgan fingerprint density at radius 3 is 2.42 bits per heavy atom. The van der Waals surface area contributed by atoms with E-state index in [1.807, 2.05) is 30.3 Å². The van der Waals surface area contributed by atoms with Crippen LogP contribution in [-0.4, -0.2) is 36.8 Å². The van der Waals surface area contributed by atoms with Gasteiger partial charge in [0.1, 0.15) is 11.5 Å². The number of ether oxygens (including phenoxy) is 2. The van der Waals surface area contributed by atoms with Crippen LogP contribution in [0.25, 0.3) is 11.4 Å². The van der Waals surface area contributed by atoms with Gasteiger partial charge in [0.25, 0.3) is 5.91 Å². The van der Waals surface area contributed by atoms with Crippen LogP contribution in [0.4, 0.5) is 0 Å². The summed E-state index contributed by atoms with van der Waals surface area (Å²) >= 11 is 0. The molecule has 2 aromatic carbocycles. The first-order chi connectivity index (χ1) is 12.7. The molecule has 0 unspecified atom stereocenters. The molecular formula is C19H19N3O4. The molecule has 1 aromatic heterocycles. The zero-order valence-electron chi connectivity index (χ0n) is 14.6. The van der Waals surface area contributed by atoms with Gasteiger partial charge in [0.05, 0.1) is 14.2 Å². The summed E-state index contributed by atoms with van der Waals surface area (Å²) in [5, 5.41) is 6.78. The number of methoxy groups -OCH3 is 2. The lowest BCUT2D eigenvalue weighted by atomic mass is 10.2. The fourth-order valence-corrected chi connectivity index (χ4v) is 2.38. The SMILES string of the molecule is COc1cc(OC)cc(C(=O)NCCc2nc(-c3ccccc3)no2)c1. The normalized spacial score (nSPS) is 10.4. The predicted molar refractivity (Wildman–Crippen MR) is 95.3 cm³/mol. The third-order valence-corrected chi connectivity index (χ3v) is 3.74. The monoisotopic (exact) mass is 353 g/mol. The van der Waals surface area contributed by atoms with Crippen molar-refractivity contribution < 1.29 is 18.8 Å². The van der Waals surface area contributed by atoms with Crippen molar-refractivity contribution in [3.63, 3.8) is 0 Å². The van der Waals surface area contributed by atoms with Crippen molar-refractivity contribution in [2.75, 3.05) is 20.8 Å². The minimum Gasteiger partial charge on any atom is -0.497 e. The quantitative estimate of drug-likeness (QED) is 0.703. The maximum atomic E-state index is 12.3. The Kier molecular flexibility index (Phi) is 5.48. The molecule has 3 aromatic rings. The van der Waals surface area contributed by atoms with E-state index in [-0.39, 0.29) is 5.91 Å². The Morgan fingerprint density at radius 2 is 1.77 bits per heavy atom. The van der Waals surface area contributed by atoms with E-state index in [2.05, 4.69) is 15.5 Å². The number of rotatable bonds is 7. The third kappa shape index (κ3) is 4.18. The minimum atomic E-state index is -0.231. The summed E-state index contributed by atoms with van der Waals surface area (Å²) in [6, 6.07) is 14.6. The van der Waals surface area contributed by atoms with Crippen LogP contribution in [0.15, 0.2) is 53.1 Å². The van der Waals surface area contributed by atoms with Crippen molar-refractivity contribution in [3.8, 4) is 22.9 Å². The van der Waals surface area contributed by atoms with Gasteiger partial charge in [-0.15, -0.1) is 0 Å². The second kappa shape index (κ2) is 8.15. The first-order valence-electron chi connectivity index (χ1n) is 8.09. The number of amides is 1. The molecule has 134 valence electrons. The molecule has 1 amide bonds. The molecule has 0 bridgehead atoms. The van der Waals surface area contributed by atoms with Crippen molar-refractivity contribution >= 4 is 5.91 Å². The zero-order valence-corrected chi connectivity index (χ0v) is 14.6. The summed E-state index contributed by atoms with van der Waals surface area (Å²) in [6.07, 6.45) is 0.437. The lowest BCUT2D eigenvalue weighted by Crippen LogP contribution is -2.25. The number of carbonyl (C=O) groups is 1. The van der Waals surface area contributed by atoms with E-state index in [1.54, 1.807) is 18.2 Å². The molecule has 0 aliphatic rings. The van der Waals surface area contributed by atoms with Crippen molar-refractivity contribution in [2.45, 2.75) is 6.42 Å². The Balaban J connectivity index is 1.58. The van der Waals surface area contributed by atoms with Crippen LogP contribution in [0.1, 0.15) is 16.2 Å². The molecule has 0 spiro atoms. The second-order valence-corrected chi connectivity index (χ2v) is 5.48. The van der Waals surface area contributed by atoms with E-state index in [0.29, 0.717) is 41.7 Å². The number of hydrogen-bond donors (Lipinski definition) is 1. The van der Waals surface area contributed by atoms with Gasteiger partial charge in [0.2, 0.25) is 11.7 Å². The number of benzene rings is 2. The van der Waals surface area contributed by atoms with E-state index in [1.165, 1.54) is 14.2 Å². The summed E-state index contributed by atoms with van der Waals surface area (Å²) in [4.78, 5) is 16.6. The molecule has 0 saturated carbocycles. The number of hydrogen-bond acceptors (Lipinski definition) is 6. The highest BCUT2D eigenvalue weighted by Crippen LogP contribution is 2.22. The van der Waals surface area contributed by atoms with Crippen LogP contribution in [0, 0.1) is 0 Å². The van der Waals surface area contributed by atoms with E-state index >= 15 is 0 Å². The maximum Gasteiger partial charge on any atom is 0.251 e. The molecule has 0 aliphatic heterocycles. The van der Waals surface area contributed by atoms with Crippen molar-refractivity contribution in [3.05, 3.63) is 60.0 Å². The van der Waals surface area contributed by atoms with Crippen molar-refractivity contribution in [1.82, 2.24) is 15.5 Å². The molecule has 0 saturated heterocycles. The van der Waals surface area contributed by atoms with Crippen LogP contribution in [0.5, 0.6) is 11.5 Å². The first kappa shape index (κ1) is 17.5. The average molecular weight is 353 g/mol. The Hall–Kier alpha value is -3.35. The Morgan fingerprint density at radius 1 is 1.08 bits per heavy atom. The fraction of sp³-hybridized carbons (Fsp3) is 0.211. The van der Waals surface area contributed by atoms with Gasteiger partial charge in [0.15, 0.2) is 0 Å². The molecule has 0 radical (unpaired) electrons. The van der Waals surface area contributed by atoms with Gasteiger partial charge in [-0.2, -0.15) is 4.98 Å². The summed E-state index contributed by atoms with van der Waals surface area (Å²) in [5.74, 6) is 1.87. The standard InChI is InChI=1S/C19H19N3O4/c1-24-15-10-14(11-16(12-15)25-2)19(23)20-9-8-17-21-18(22-26-17)13-6-4-3-5-7-13/h3-7,10-12H,8-9H2,1-2H3,(H,20,23). The van der Waals surface area contributed by atoms with Gasteiger partial charge in [-0.25, -0.2) is 0 Å². The number of nitrogens with zero attached hydrogens (tertiary/aromatic N) is 2. The highest BCUT2D eigenvalue weighted by Gasteiger charge is 2.11. The molecule has 0 aliphatic carbocycles. The van der Waals surface area contributed by atoms with E-state index in [9.17, 15) is 4.79 Å². The van der Waals surface area contributed by atoms with Crippen LogP contribution in [-0.2, 0) is 6.42 Å². The summed E-state index contributed by atoms with van der Waals surface area (Å²) in [5.41, 5.74) is 1.34. The highest BCUT2D eigenvalue weighted by molar-refractivity contribution is 5.95. The van der Waals surface area contributed by atoms with Crippen molar-refractivity contribution in [2.24, 2.45) is 0 Å². The van der Waals surface area contributed by atoms with Gasteiger partial charge in [-0.05, 0) is 12.1 Å². The summed E-state index contributed by atoms with van der Waals surface area (Å²) < 4.78 is 15.6. The second-order valence-electron chi connectivity index (χ2n) is 5.48. The molecule has 0 fully saturated rings. The summed E-state index contributed by atoms with van der Waals surface area (Å²) in [7, 11) is 3.08. The number of carbonyl (C=O) groups excluding carboxylic acids is 1. The lowest BCUT2D eigenvalue weighted by Gasteiger charge is -2.08. The van der Waals surface area contributed by atoms with E-state index < -0.39 is 0 Å². The maximum absolute atomic E-state index is 12.3. The number of aromatic nitrogens is 2. The van der Waals surface area contributed by atoms with Crippen LogP contribution < -0.4 is 14.8 Å². The van der Waals surface area contributed by atoms with Gasteiger partial charge in [-0.3, -0.25) is 4.79 Å². The van der Waals surface area contributed by atoms with Gasteiger partial charge >= 0.3 is 0 Å². The van der Waals surface area contributed by atoms with Crippen molar-refractivity contribution in [1.29, 1.82) is 0 Å². The molecule has 0 atom stereocenters. The molecule has 26 heavy (non-hydrogen) atoms. The average Bonchev–Trinajstić information content (AvgIpc) is 3.17. The largest absolute Gasteiger partial charge is 0.497 e. The highest BCUT2D eigenvalue weighted by atomic mass is 16.5. The van der Waals surface area contributed by atoms with Gasteiger partial charge in [-0.1, -0.05) is 35.5 Å². The Labute approximate surface area is 150 Å². The topological polar surface area (TPSA) is 86.5 Å². The molecule has 1 heterocycles. The predicted octanol–water partition coefficient (Wildman–Crippen LogP) is 2.73. The molecule has 7 nitrogen and oxygen atoms in total.